The summed E-state index contributed by atoms with van der Waals surface area (Å²) in [6, 6.07) is 8.60. The molecule has 0 radical (unpaired) electrons. The van der Waals surface area contributed by atoms with Crippen molar-refractivity contribution in [3.63, 3.8) is 0 Å². The van der Waals surface area contributed by atoms with Gasteiger partial charge in [0.1, 0.15) is 12.1 Å². The Morgan fingerprint density at radius 1 is 1.19 bits per heavy atom. The molecule has 1 saturated heterocycles. The van der Waals surface area contributed by atoms with E-state index in [1.54, 1.807) is 24.3 Å². The number of nitrogens with zero attached hydrogens (tertiary/aromatic N) is 1. The number of benzene rings is 2. The van der Waals surface area contributed by atoms with E-state index in [0.717, 1.165) is 23.1 Å². The molecule has 4 amide bonds. The smallest absolute Gasteiger partial charge is 0.324 e. The van der Waals surface area contributed by atoms with Gasteiger partial charge in [0.2, 0.25) is 5.91 Å². The first-order chi connectivity index (χ1) is 12.7. The molecule has 1 atom stereocenters. The Balaban J connectivity index is 1.76. The quantitative estimate of drug-likeness (QED) is 0.784. The van der Waals surface area contributed by atoms with Crippen LogP contribution in [0, 0.1) is 11.6 Å². The number of carbonyl (C=O) groups is 3. The lowest BCUT2D eigenvalue weighted by Crippen LogP contribution is -2.42. The Kier molecular flexibility index (Phi) is 4.84. The van der Waals surface area contributed by atoms with Crippen LogP contribution in [0.1, 0.15) is 12.5 Å². The second kappa shape index (κ2) is 6.96. The molecule has 0 aromatic heterocycles. The van der Waals surface area contributed by atoms with E-state index < -0.39 is 41.6 Å². The Hall–Kier alpha value is -3.00. The van der Waals surface area contributed by atoms with E-state index in [9.17, 15) is 23.2 Å². The van der Waals surface area contributed by atoms with Gasteiger partial charge in [-0.1, -0.05) is 29.8 Å². The fraction of sp³-hybridized carbons (Fsp3) is 0.167. The van der Waals surface area contributed by atoms with Crippen molar-refractivity contribution in [1.82, 2.24) is 10.2 Å². The van der Waals surface area contributed by atoms with Crippen LogP contribution in [0.2, 0.25) is 5.02 Å². The fourth-order valence-electron chi connectivity index (χ4n) is 2.81. The number of rotatable bonds is 4. The molecule has 2 N–H and O–H groups in total. The second-order valence-corrected chi connectivity index (χ2v) is 6.51. The van der Waals surface area contributed by atoms with Crippen molar-refractivity contribution in [2.24, 2.45) is 0 Å². The summed E-state index contributed by atoms with van der Waals surface area (Å²) in [6.45, 7) is 0.894. The maximum absolute atomic E-state index is 13.2. The molecule has 0 saturated carbocycles. The first-order valence-electron chi connectivity index (χ1n) is 7.86. The van der Waals surface area contributed by atoms with Crippen LogP contribution in [0.4, 0.5) is 19.3 Å². The van der Waals surface area contributed by atoms with Crippen LogP contribution in [0.3, 0.4) is 0 Å². The number of imide groups is 1. The van der Waals surface area contributed by atoms with Crippen LogP contribution in [-0.2, 0) is 15.1 Å². The topological polar surface area (TPSA) is 78.5 Å². The Morgan fingerprint density at radius 2 is 1.89 bits per heavy atom. The summed E-state index contributed by atoms with van der Waals surface area (Å²) in [6.07, 6.45) is 0. The molecule has 2 aromatic carbocycles. The molecule has 1 aliphatic rings. The monoisotopic (exact) mass is 393 g/mol. The fourth-order valence-corrected chi connectivity index (χ4v) is 3.13. The summed E-state index contributed by atoms with van der Waals surface area (Å²) in [5.41, 5.74) is -1.02. The highest BCUT2D eigenvalue weighted by Crippen LogP contribution is 2.33. The van der Waals surface area contributed by atoms with Gasteiger partial charge in [-0.15, -0.1) is 0 Å². The average molecular weight is 394 g/mol. The molecule has 2 aromatic rings. The van der Waals surface area contributed by atoms with E-state index in [2.05, 4.69) is 10.6 Å². The van der Waals surface area contributed by atoms with E-state index >= 15 is 0 Å². The number of amides is 4. The summed E-state index contributed by atoms with van der Waals surface area (Å²) in [5, 5.41) is 5.14. The molecule has 0 bridgehead atoms. The van der Waals surface area contributed by atoms with E-state index in [1.807, 2.05) is 0 Å². The zero-order valence-electron chi connectivity index (χ0n) is 14.1. The van der Waals surface area contributed by atoms with Gasteiger partial charge in [-0.05, 0) is 25.1 Å². The van der Waals surface area contributed by atoms with Crippen molar-refractivity contribution >= 4 is 35.1 Å². The van der Waals surface area contributed by atoms with Gasteiger partial charge in [0, 0.05) is 22.3 Å². The van der Waals surface area contributed by atoms with Gasteiger partial charge in [0.25, 0.3) is 5.91 Å². The number of nitrogens with one attached hydrogen (secondary N) is 2. The highest BCUT2D eigenvalue weighted by atomic mass is 35.5. The predicted octanol–water partition coefficient (Wildman–Crippen LogP) is 3.02. The highest BCUT2D eigenvalue weighted by molar-refractivity contribution is 6.32. The maximum Gasteiger partial charge on any atom is 0.325 e. The van der Waals surface area contributed by atoms with Crippen molar-refractivity contribution in [1.29, 1.82) is 0 Å². The maximum atomic E-state index is 13.2. The number of carbonyl (C=O) groups excluding carboxylic acids is 3. The molecule has 3 rings (SSSR count). The molecular formula is C18H14ClF2N3O3. The molecule has 140 valence electrons. The minimum Gasteiger partial charge on any atom is -0.324 e. The zero-order chi connectivity index (χ0) is 19.8. The molecule has 0 unspecified atom stereocenters. The minimum absolute atomic E-state index is 0.000167. The van der Waals surface area contributed by atoms with Gasteiger partial charge in [-0.25, -0.2) is 13.6 Å². The molecule has 1 aliphatic heterocycles. The third kappa shape index (κ3) is 3.48. The third-order valence-corrected chi connectivity index (χ3v) is 4.52. The molecule has 27 heavy (non-hydrogen) atoms. The van der Waals surface area contributed by atoms with Crippen molar-refractivity contribution in [3.8, 4) is 0 Å². The molecular weight excluding hydrogens is 380 g/mol. The Bertz CT molecular complexity index is 953. The lowest BCUT2D eigenvalue weighted by molar-refractivity contribution is -0.133. The van der Waals surface area contributed by atoms with Crippen LogP contribution in [0.15, 0.2) is 42.5 Å². The molecule has 6 nitrogen and oxygen atoms in total. The molecule has 1 heterocycles. The largest absolute Gasteiger partial charge is 0.325 e. The lowest BCUT2D eigenvalue weighted by atomic mass is 9.92. The van der Waals surface area contributed by atoms with Crippen molar-refractivity contribution < 1.29 is 23.2 Å². The van der Waals surface area contributed by atoms with Crippen molar-refractivity contribution in [3.05, 3.63) is 64.7 Å². The SMILES string of the molecule is C[C@]1(c2ccccc2Cl)NC(=O)N(CC(=O)Nc2ccc(F)c(F)c2)C1=O. The van der Waals surface area contributed by atoms with Crippen LogP contribution in [0.5, 0.6) is 0 Å². The summed E-state index contributed by atoms with van der Waals surface area (Å²) in [5.74, 6) is -3.58. The third-order valence-electron chi connectivity index (χ3n) is 4.19. The Labute approximate surface area is 158 Å². The predicted molar refractivity (Wildman–Crippen MR) is 94.0 cm³/mol. The molecule has 9 heteroatoms. The summed E-state index contributed by atoms with van der Waals surface area (Å²) in [4.78, 5) is 37.9. The van der Waals surface area contributed by atoms with Crippen LogP contribution < -0.4 is 10.6 Å². The number of hydrogen-bond acceptors (Lipinski definition) is 3. The van der Waals surface area contributed by atoms with E-state index in [4.69, 9.17) is 11.6 Å². The normalized spacial score (nSPS) is 19.2. The van der Waals surface area contributed by atoms with Gasteiger partial charge in [-0.3, -0.25) is 14.5 Å². The highest BCUT2D eigenvalue weighted by Gasteiger charge is 2.50. The molecule has 1 fully saturated rings. The van der Waals surface area contributed by atoms with Crippen LogP contribution >= 0.6 is 11.6 Å². The van der Waals surface area contributed by atoms with E-state index in [0.29, 0.717) is 10.6 Å². The van der Waals surface area contributed by atoms with E-state index in [1.165, 1.54) is 6.92 Å². The van der Waals surface area contributed by atoms with E-state index in [-0.39, 0.29) is 5.69 Å². The van der Waals surface area contributed by atoms with Crippen molar-refractivity contribution in [2.75, 3.05) is 11.9 Å². The average Bonchev–Trinajstić information content (AvgIpc) is 2.82. The number of hydrogen-bond donors (Lipinski definition) is 2. The molecule has 0 aliphatic carbocycles. The summed E-state index contributed by atoms with van der Waals surface area (Å²) >= 11 is 6.13. The minimum atomic E-state index is -1.42. The standard InChI is InChI=1S/C18H14ClF2N3O3/c1-18(11-4-2-3-5-12(11)19)16(26)24(17(27)23-18)9-15(25)22-10-6-7-13(20)14(21)8-10/h2-8H,9H2,1H3,(H,22,25)(H,23,27)/t18-/m1/s1. The summed E-state index contributed by atoms with van der Waals surface area (Å²) in [7, 11) is 0. The Morgan fingerprint density at radius 3 is 2.56 bits per heavy atom. The number of urea groups is 1. The number of anilines is 1. The first kappa shape index (κ1) is 18.8. The number of halogens is 3. The lowest BCUT2D eigenvalue weighted by Gasteiger charge is -2.23. The van der Waals surface area contributed by atoms with Gasteiger partial charge in [0.15, 0.2) is 11.6 Å². The van der Waals surface area contributed by atoms with Gasteiger partial charge < -0.3 is 10.6 Å². The van der Waals surface area contributed by atoms with Gasteiger partial charge >= 0.3 is 6.03 Å². The van der Waals surface area contributed by atoms with Crippen molar-refractivity contribution in [2.45, 2.75) is 12.5 Å². The van der Waals surface area contributed by atoms with Gasteiger partial charge in [-0.2, -0.15) is 0 Å². The zero-order valence-corrected chi connectivity index (χ0v) is 14.8. The van der Waals surface area contributed by atoms with Gasteiger partial charge in [0.05, 0.1) is 0 Å². The van der Waals surface area contributed by atoms with Crippen LogP contribution in [-0.4, -0.2) is 29.3 Å². The second-order valence-electron chi connectivity index (χ2n) is 6.10. The summed E-state index contributed by atoms with van der Waals surface area (Å²) < 4.78 is 26.2. The van der Waals surface area contributed by atoms with Crippen LogP contribution in [0.25, 0.3) is 0 Å². The molecule has 0 spiro atoms. The first-order valence-corrected chi connectivity index (χ1v) is 8.24.